The third-order valence-electron chi connectivity index (χ3n) is 1.94. The molecule has 1 N–H and O–H groups in total. The Morgan fingerprint density at radius 2 is 2.28 bits per heavy atom. The number of nitrogens with one attached hydrogen (secondary N) is 1. The summed E-state index contributed by atoms with van der Waals surface area (Å²) in [4.78, 5) is 26.5. The lowest BCUT2D eigenvalue weighted by molar-refractivity contribution is -0.124. The second kappa shape index (κ2) is 7.62. The fourth-order valence-corrected chi connectivity index (χ4v) is 1.29. The van der Waals surface area contributed by atoms with Gasteiger partial charge in [-0.15, -0.1) is 0 Å². The van der Waals surface area contributed by atoms with E-state index in [4.69, 9.17) is 21.1 Å². The Kier molecular flexibility index (Phi) is 6.10. The van der Waals surface area contributed by atoms with Gasteiger partial charge in [0.05, 0.1) is 12.2 Å². The van der Waals surface area contributed by atoms with Crippen molar-refractivity contribution in [2.45, 2.75) is 0 Å². The number of halogens is 1. The topological polar surface area (TPSA) is 77.5 Å². The molecule has 1 heterocycles. The summed E-state index contributed by atoms with van der Waals surface area (Å²) in [6.07, 6.45) is 1.45. The molecule has 0 aliphatic carbocycles. The average molecular weight is 273 g/mol. The van der Waals surface area contributed by atoms with Crippen LogP contribution in [-0.4, -0.2) is 43.7 Å². The summed E-state index contributed by atoms with van der Waals surface area (Å²) in [7, 11) is 1.52. The predicted octanol–water partition coefficient (Wildman–Crippen LogP) is 0.654. The molecule has 18 heavy (non-hydrogen) atoms. The van der Waals surface area contributed by atoms with E-state index in [-0.39, 0.29) is 17.3 Å². The van der Waals surface area contributed by atoms with E-state index >= 15 is 0 Å². The van der Waals surface area contributed by atoms with Gasteiger partial charge in [-0.05, 0) is 12.1 Å². The largest absolute Gasteiger partial charge is 0.452 e. The van der Waals surface area contributed by atoms with Gasteiger partial charge >= 0.3 is 5.97 Å². The summed E-state index contributed by atoms with van der Waals surface area (Å²) in [6.45, 7) is 0.391. The Balaban J connectivity index is 2.38. The number of pyridine rings is 1. The summed E-state index contributed by atoms with van der Waals surface area (Å²) in [6, 6.07) is 3.03. The molecule has 6 nitrogen and oxygen atoms in total. The molecular weight excluding hydrogens is 260 g/mol. The van der Waals surface area contributed by atoms with Crippen molar-refractivity contribution in [3.05, 3.63) is 29.0 Å². The summed E-state index contributed by atoms with van der Waals surface area (Å²) in [5.41, 5.74) is 0.129. The van der Waals surface area contributed by atoms with Gasteiger partial charge in [0.1, 0.15) is 5.15 Å². The number of methoxy groups -OCH3 is 1. The van der Waals surface area contributed by atoms with Crippen LogP contribution in [0, 0.1) is 0 Å². The van der Waals surface area contributed by atoms with Gasteiger partial charge in [0.2, 0.25) is 0 Å². The molecule has 0 aliphatic heterocycles. The molecular formula is C11H13ClN2O4. The maximum absolute atomic E-state index is 11.5. The maximum Gasteiger partial charge on any atom is 0.341 e. The number of carbonyl (C=O) groups excluding carboxylic acids is 2. The van der Waals surface area contributed by atoms with Crippen molar-refractivity contribution in [1.29, 1.82) is 0 Å². The van der Waals surface area contributed by atoms with Crippen molar-refractivity contribution in [2.24, 2.45) is 0 Å². The molecule has 0 atom stereocenters. The van der Waals surface area contributed by atoms with Crippen LogP contribution in [0.1, 0.15) is 10.4 Å². The fraction of sp³-hybridized carbons (Fsp3) is 0.364. The van der Waals surface area contributed by atoms with Gasteiger partial charge in [-0.25, -0.2) is 9.78 Å². The molecule has 0 aromatic carbocycles. The molecule has 0 spiro atoms. The Morgan fingerprint density at radius 1 is 1.50 bits per heavy atom. The van der Waals surface area contributed by atoms with E-state index < -0.39 is 11.9 Å². The molecule has 1 aromatic heterocycles. The first-order valence-corrected chi connectivity index (χ1v) is 5.56. The van der Waals surface area contributed by atoms with Gasteiger partial charge in [0, 0.05) is 19.9 Å². The number of hydrogen-bond acceptors (Lipinski definition) is 5. The lowest BCUT2D eigenvalue weighted by Crippen LogP contribution is -2.31. The highest BCUT2D eigenvalue weighted by Gasteiger charge is 2.13. The fourth-order valence-electron chi connectivity index (χ4n) is 1.09. The maximum atomic E-state index is 11.5. The first-order valence-electron chi connectivity index (χ1n) is 5.18. The minimum atomic E-state index is -0.685. The van der Waals surface area contributed by atoms with E-state index in [0.29, 0.717) is 13.2 Å². The second-order valence-electron chi connectivity index (χ2n) is 3.26. The highest BCUT2D eigenvalue weighted by molar-refractivity contribution is 6.32. The SMILES string of the molecule is COCCNC(=O)COC(=O)c1cccnc1Cl. The highest BCUT2D eigenvalue weighted by Crippen LogP contribution is 2.12. The summed E-state index contributed by atoms with van der Waals surface area (Å²) >= 11 is 5.71. The molecule has 0 unspecified atom stereocenters. The highest BCUT2D eigenvalue weighted by atomic mass is 35.5. The second-order valence-corrected chi connectivity index (χ2v) is 3.62. The lowest BCUT2D eigenvalue weighted by Gasteiger charge is -2.06. The van der Waals surface area contributed by atoms with Crippen LogP contribution in [-0.2, 0) is 14.3 Å². The van der Waals surface area contributed by atoms with Crippen molar-refractivity contribution in [3.63, 3.8) is 0 Å². The molecule has 0 aliphatic rings. The van der Waals surface area contributed by atoms with Gasteiger partial charge in [-0.3, -0.25) is 4.79 Å². The van der Waals surface area contributed by atoms with Crippen molar-refractivity contribution in [2.75, 3.05) is 26.9 Å². The number of ether oxygens (including phenoxy) is 2. The number of carbonyl (C=O) groups is 2. The minimum absolute atomic E-state index is 0.0438. The molecule has 0 saturated carbocycles. The Labute approximate surface area is 109 Å². The zero-order valence-corrected chi connectivity index (χ0v) is 10.6. The Hall–Kier alpha value is -1.66. The number of esters is 1. The van der Waals surface area contributed by atoms with E-state index in [0.717, 1.165) is 0 Å². The van der Waals surface area contributed by atoms with Crippen molar-refractivity contribution >= 4 is 23.5 Å². The predicted molar refractivity (Wildman–Crippen MR) is 64.4 cm³/mol. The summed E-state index contributed by atoms with van der Waals surface area (Å²) in [5.74, 6) is -1.09. The molecule has 0 fully saturated rings. The van der Waals surface area contributed by atoms with E-state index in [1.165, 1.54) is 19.4 Å². The number of nitrogens with zero attached hydrogens (tertiary/aromatic N) is 1. The van der Waals surface area contributed by atoms with Crippen LogP contribution in [0.4, 0.5) is 0 Å². The summed E-state index contributed by atoms with van der Waals surface area (Å²) in [5, 5.41) is 2.56. The minimum Gasteiger partial charge on any atom is -0.452 e. The zero-order valence-electron chi connectivity index (χ0n) is 9.81. The molecule has 98 valence electrons. The van der Waals surface area contributed by atoms with Gasteiger partial charge < -0.3 is 14.8 Å². The van der Waals surface area contributed by atoms with E-state index in [9.17, 15) is 9.59 Å². The van der Waals surface area contributed by atoms with E-state index in [2.05, 4.69) is 10.3 Å². The number of rotatable bonds is 6. The quantitative estimate of drug-likeness (QED) is 0.467. The van der Waals surface area contributed by atoms with Gasteiger partial charge in [0.15, 0.2) is 6.61 Å². The zero-order chi connectivity index (χ0) is 13.4. The van der Waals surface area contributed by atoms with Crippen LogP contribution in [0.3, 0.4) is 0 Å². The van der Waals surface area contributed by atoms with Gasteiger partial charge in [0.25, 0.3) is 5.91 Å². The Morgan fingerprint density at radius 3 is 2.94 bits per heavy atom. The van der Waals surface area contributed by atoms with Gasteiger partial charge in [-0.1, -0.05) is 11.6 Å². The van der Waals surface area contributed by atoms with Crippen LogP contribution >= 0.6 is 11.6 Å². The summed E-state index contributed by atoms with van der Waals surface area (Å²) < 4.78 is 9.54. The van der Waals surface area contributed by atoms with Crippen LogP contribution in [0.2, 0.25) is 5.15 Å². The molecule has 1 amide bonds. The standard InChI is InChI=1S/C11H13ClN2O4/c1-17-6-5-13-9(15)7-18-11(16)8-3-2-4-14-10(8)12/h2-4H,5-7H2,1H3,(H,13,15). The first kappa shape index (κ1) is 14.4. The monoisotopic (exact) mass is 272 g/mol. The Bertz CT molecular complexity index is 425. The molecule has 1 aromatic rings. The lowest BCUT2D eigenvalue weighted by atomic mass is 10.3. The van der Waals surface area contributed by atoms with Gasteiger partial charge in [-0.2, -0.15) is 0 Å². The molecule has 0 bridgehead atoms. The van der Waals surface area contributed by atoms with Crippen LogP contribution < -0.4 is 5.32 Å². The first-order chi connectivity index (χ1) is 8.65. The average Bonchev–Trinajstić information content (AvgIpc) is 2.37. The van der Waals surface area contributed by atoms with Crippen LogP contribution in [0.5, 0.6) is 0 Å². The third-order valence-corrected chi connectivity index (χ3v) is 2.24. The van der Waals surface area contributed by atoms with Crippen molar-refractivity contribution in [3.8, 4) is 0 Å². The molecule has 0 saturated heterocycles. The third kappa shape index (κ3) is 4.68. The smallest absolute Gasteiger partial charge is 0.341 e. The normalized spacial score (nSPS) is 9.89. The molecule has 1 rings (SSSR count). The molecule has 7 heteroatoms. The van der Waals surface area contributed by atoms with Crippen molar-refractivity contribution in [1.82, 2.24) is 10.3 Å². The number of aromatic nitrogens is 1. The van der Waals surface area contributed by atoms with E-state index in [1.807, 2.05) is 0 Å². The van der Waals surface area contributed by atoms with E-state index in [1.54, 1.807) is 6.07 Å². The van der Waals surface area contributed by atoms with Crippen LogP contribution in [0.25, 0.3) is 0 Å². The van der Waals surface area contributed by atoms with Crippen molar-refractivity contribution < 1.29 is 19.1 Å². The van der Waals surface area contributed by atoms with Crippen LogP contribution in [0.15, 0.2) is 18.3 Å². The molecule has 0 radical (unpaired) electrons. The number of hydrogen-bond donors (Lipinski definition) is 1. The number of amides is 1.